The van der Waals surface area contributed by atoms with E-state index in [-0.39, 0.29) is 5.56 Å². The second-order valence-electron chi connectivity index (χ2n) is 3.06. The molecule has 0 saturated carbocycles. The summed E-state index contributed by atoms with van der Waals surface area (Å²) >= 11 is 0. The van der Waals surface area contributed by atoms with E-state index in [4.69, 9.17) is 15.3 Å². The van der Waals surface area contributed by atoms with Gasteiger partial charge in [-0.05, 0) is 19.1 Å². The van der Waals surface area contributed by atoms with Crippen LogP contribution < -0.4 is 5.73 Å². The summed E-state index contributed by atoms with van der Waals surface area (Å²) in [4.78, 5) is 10.9. The van der Waals surface area contributed by atoms with Crippen molar-refractivity contribution in [3.8, 4) is 0 Å². The van der Waals surface area contributed by atoms with Crippen LogP contribution in [-0.4, -0.2) is 11.1 Å². The Labute approximate surface area is 79.9 Å². The molecule has 1 aromatic carbocycles. The Hall–Kier alpha value is -1.97. The van der Waals surface area contributed by atoms with Gasteiger partial charge in [0.15, 0.2) is 0 Å². The fourth-order valence-corrected chi connectivity index (χ4v) is 1.55. The van der Waals surface area contributed by atoms with Crippen molar-refractivity contribution in [2.45, 2.75) is 6.92 Å². The molecule has 72 valence electrons. The Morgan fingerprint density at radius 2 is 2.21 bits per heavy atom. The number of aryl methyl sites for hydroxylation is 1. The summed E-state index contributed by atoms with van der Waals surface area (Å²) in [6.07, 6.45) is 0. The zero-order valence-electron chi connectivity index (χ0n) is 7.57. The maximum atomic E-state index is 10.9. The molecule has 0 spiro atoms. The number of carbonyl (C=O) groups is 1. The number of nitrogen functional groups attached to an aromatic ring is 1. The molecule has 4 nitrogen and oxygen atoms in total. The first-order chi connectivity index (χ1) is 6.61. The molecule has 0 bridgehead atoms. The molecule has 3 N–H and O–H groups in total. The van der Waals surface area contributed by atoms with Crippen LogP contribution in [0, 0.1) is 6.92 Å². The van der Waals surface area contributed by atoms with Crippen LogP contribution in [0.2, 0.25) is 0 Å². The number of aromatic carboxylic acids is 1. The number of furan rings is 1. The molecular weight excluding hydrogens is 182 g/mol. The minimum Gasteiger partial charge on any atom is -0.478 e. The largest absolute Gasteiger partial charge is 0.478 e. The van der Waals surface area contributed by atoms with Gasteiger partial charge in [0, 0.05) is 5.69 Å². The summed E-state index contributed by atoms with van der Waals surface area (Å²) in [5, 5.41) is 9.45. The fourth-order valence-electron chi connectivity index (χ4n) is 1.55. The smallest absolute Gasteiger partial charge is 0.339 e. The van der Waals surface area contributed by atoms with Crippen LogP contribution in [-0.2, 0) is 0 Å². The number of nitrogens with two attached hydrogens (primary N) is 1. The van der Waals surface area contributed by atoms with Gasteiger partial charge in [0.1, 0.15) is 16.9 Å². The lowest BCUT2D eigenvalue weighted by atomic mass is 10.1. The van der Waals surface area contributed by atoms with Crippen molar-refractivity contribution >= 4 is 22.6 Å². The van der Waals surface area contributed by atoms with E-state index < -0.39 is 5.97 Å². The van der Waals surface area contributed by atoms with E-state index >= 15 is 0 Å². The summed E-state index contributed by atoms with van der Waals surface area (Å²) in [5.74, 6) is -0.635. The van der Waals surface area contributed by atoms with Gasteiger partial charge in [-0.1, -0.05) is 6.07 Å². The molecule has 0 saturated heterocycles. The number of hydrogen-bond donors (Lipinski definition) is 2. The van der Waals surface area contributed by atoms with Gasteiger partial charge < -0.3 is 15.3 Å². The van der Waals surface area contributed by atoms with Crippen LogP contribution in [0.3, 0.4) is 0 Å². The van der Waals surface area contributed by atoms with Crippen molar-refractivity contribution in [2.24, 2.45) is 0 Å². The Kier molecular flexibility index (Phi) is 1.70. The monoisotopic (exact) mass is 191 g/mol. The number of rotatable bonds is 1. The van der Waals surface area contributed by atoms with Crippen molar-refractivity contribution in [1.82, 2.24) is 0 Å². The minimum atomic E-state index is -1.01. The maximum Gasteiger partial charge on any atom is 0.339 e. The third-order valence-corrected chi connectivity index (χ3v) is 2.14. The molecule has 14 heavy (non-hydrogen) atoms. The van der Waals surface area contributed by atoms with Gasteiger partial charge in [-0.2, -0.15) is 0 Å². The Morgan fingerprint density at radius 3 is 2.86 bits per heavy atom. The molecule has 2 rings (SSSR count). The number of benzene rings is 1. The number of carboxylic acids is 1. The zero-order chi connectivity index (χ0) is 10.3. The normalized spacial score (nSPS) is 10.6. The van der Waals surface area contributed by atoms with E-state index in [1.165, 1.54) is 0 Å². The van der Waals surface area contributed by atoms with Crippen LogP contribution in [0.25, 0.3) is 11.0 Å². The Morgan fingerprint density at radius 1 is 1.50 bits per heavy atom. The highest BCUT2D eigenvalue weighted by molar-refractivity contribution is 6.08. The highest BCUT2D eigenvalue weighted by Gasteiger charge is 2.18. The minimum absolute atomic E-state index is 0.151. The molecule has 2 aromatic rings. The van der Waals surface area contributed by atoms with E-state index in [9.17, 15) is 4.79 Å². The van der Waals surface area contributed by atoms with E-state index in [2.05, 4.69) is 0 Å². The first-order valence-corrected chi connectivity index (χ1v) is 4.12. The highest BCUT2D eigenvalue weighted by atomic mass is 16.4. The lowest BCUT2D eigenvalue weighted by molar-refractivity contribution is 0.0697. The van der Waals surface area contributed by atoms with Gasteiger partial charge in [0.05, 0.1) is 5.39 Å². The maximum absolute atomic E-state index is 10.9. The molecule has 0 aliphatic heterocycles. The molecule has 0 radical (unpaired) electrons. The Balaban J connectivity index is 2.93. The summed E-state index contributed by atoms with van der Waals surface area (Å²) in [7, 11) is 0. The van der Waals surface area contributed by atoms with E-state index in [0.717, 1.165) is 0 Å². The van der Waals surface area contributed by atoms with Gasteiger partial charge in [-0.15, -0.1) is 0 Å². The van der Waals surface area contributed by atoms with Crippen LogP contribution in [0.15, 0.2) is 22.6 Å². The number of anilines is 1. The fraction of sp³-hybridized carbons (Fsp3) is 0.100. The second kappa shape index (κ2) is 2.77. The first-order valence-electron chi connectivity index (χ1n) is 4.12. The van der Waals surface area contributed by atoms with Gasteiger partial charge in [-0.25, -0.2) is 4.79 Å². The van der Waals surface area contributed by atoms with Crippen molar-refractivity contribution in [2.75, 3.05) is 5.73 Å². The van der Waals surface area contributed by atoms with Gasteiger partial charge in [0.25, 0.3) is 0 Å². The average molecular weight is 191 g/mol. The van der Waals surface area contributed by atoms with E-state index in [1.54, 1.807) is 25.1 Å². The van der Waals surface area contributed by atoms with E-state index in [0.29, 0.717) is 22.4 Å². The third kappa shape index (κ3) is 1.04. The lowest BCUT2D eigenvalue weighted by Crippen LogP contribution is -1.98. The number of fused-ring (bicyclic) bond motifs is 1. The standard InChI is InChI=1S/C10H9NO3/c1-5-8(10(12)13)9-6(11)3-2-4-7(9)14-5/h2-4H,11H2,1H3,(H,12,13). The van der Waals surface area contributed by atoms with E-state index in [1.807, 2.05) is 0 Å². The van der Waals surface area contributed by atoms with Crippen LogP contribution in [0.5, 0.6) is 0 Å². The summed E-state index contributed by atoms with van der Waals surface area (Å²) < 4.78 is 5.28. The average Bonchev–Trinajstić information content (AvgIpc) is 2.42. The number of hydrogen-bond acceptors (Lipinski definition) is 3. The molecule has 1 heterocycles. The zero-order valence-corrected chi connectivity index (χ0v) is 7.57. The van der Waals surface area contributed by atoms with Crippen molar-refractivity contribution in [1.29, 1.82) is 0 Å². The van der Waals surface area contributed by atoms with Gasteiger partial charge in [0.2, 0.25) is 0 Å². The molecule has 0 atom stereocenters. The molecule has 0 fully saturated rings. The molecule has 4 heteroatoms. The SMILES string of the molecule is Cc1oc2cccc(N)c2c1C(=O)O. The quantitative estimate of drug-likeness (QED) is 0.676. The molecule has 0 aliphatic rings. The third-order valence-electron chi connectivity index (χ3n) is 2.14. The van der Waals surface area contributed by atoms with Gasteiger partial charge in [-0.3, -0.25) is 0 Å². The van der Waals surface area contributed by atoms with Crippen LogP contribution in [0.4, 0.5) is 5.69 Å². The lowest BCUT2D eigenvalue weighted by Gasteiger charge is -1.95. The molecule has 0 unspecified atom stereocenters. The summed E-state index contributed by atoms with van der Waals surface area (Å²) in [5.41, 5.74) is 6.78. The van der Waals surface area contributed by atoms with Crippen molar-refractivity contribution in [3.63, 3.8) is 0 Å². The summed E-state index contributed by atoms with van der Waals surface area (Å²) in [6, 6.07) is 5.08. The van der Waals surface area contributed by atoms with Gasteiger partial charge >= 0.3 is 5.97 Å². The number of carboxylic acid groups (broad SMARTS) is 1. The second-order valence-corrected chi connectivity index (χ2v) is 3.06. The topological polar surface area (TPSA) is 76.5 Å². The molecule has 1 aromatic heterocycles. The summed E-state index contributed by atoms with van der Waals surface area (Å²) in [6.45, 7) is 1.61. The molecule has 0 aliphatic carbocycles. The van der Waals surface area contributed by atoms with Crippen molar-refractivity contribution < 1.29 is 14.3 Å². The van der Waals surface area contributed by atoms with Crippen LogP contribution >= 0.6 is 0 Å². The molecular formula is C10H9NO3. The first kappa shape index (κ1) is 8.62. The molecule has 0 amide bonds. The predicted octanol–water partition coefficient (Wildman–Crippen LogP) is 2.02. The predicted molar refractivity (Wildman–Crippen MR) is 52.3 cm³/mol. The highest BCUT2D eigenvalue weighted by Crippen LogP contribution is 2.29. The van der Waals surface area contributed by atoms with Crippen LogP contribution in [0.1, 0.15) is 16.1 Å². The Bertz CT molecular complexity index is 513. The van der Waals surface area contributed by atoms with Crippen molar-refractivity contribution in [3.05, 3.63) is 29.5 Å².